The number of carbonyl (C=O) groups is 3. The van der Waals surface area contributed by atoms with Crippen LogP contribution in [0.3, 0.4) is 0 Å². The van der Waals surface area contributed by atoms with E-state index in [4.69, 9.17) is 14.2 Å². The Hall–Kier alpha value is -4.11. The molecule has 0 atom stereocenters. The maximum Gasteiger partial charge on any atom is 0.331 e. The lowest BCUT2D eigenvalue weighted by atomic mass is 10.1. The molecule has 3 aromatic rings. The molecule has 0 radical (unpaired) electrons. The molecule has 3 aromatic carbocycles. The van der Waals surface area contributed by atoms with Crippen LogP contribution in [0.4, 0.5) is 4.79 Å². The number of benzene rings is 3. The third-order valence-electron chi connectivity index (χ3n) is 5.72. The first kappa shape index (κ1) is 26.9. The predicted molar refractivity (Wildman–Crippen MR) is 146 cm³/mol. The highest BCUT2D eigenvalue weighted by molar-refractivity contribution is 9.10. The normalized spacial score (nSPS) is 14.4. The number of rotatable bonds is 10. The van der Waals surface area contributed by atoms with Crippen molar-refractivity contribution in [2.45, 2.75) is 26.5 Å². The minimum absolute atomic E-state index is 0.0460. The summed E-state index contributed by atoms with van der Waals surface area (Å²) in [4.78, 5) is 39.3. The highest BCUT2D eigenvalue weighted by Crippen LogP contribution is 2.30. The number of halogens is 1. The number of urea groups is 1. The molecule has 1 aliphatic rings. The van der Waals surface area contributed by atoms with Crippen molar-refractivity contribution in [1.82, 2.24) is 10.2 Å². The van der Waals surface area contributed by atoms with E-state index < -0.39 is 17.8 Å². The van der Waals surface area contributed by atoms with Gasteiger partial charge in [-0.3, -0.25) is 19.8 Å². The van der Waals surface area contributed by atoms with Crippen LogP contribution in [0.1, 0.15) is 30.0 Å². The SMILES string of the molecule is CCCOc1ccc(CN2C(=O)NC(=O)/C(=C\c3ccc(OCc4ccccc4)c(Br)c3)C2=O)cc1OC. The quantitative estimate of drug-likeness (QED) is 0.252. The number of nitrogens with zero attached hydrogens (tertiary/aromatic N) is 1. The van der Waals surface area contributed by atoms with Gasteiger partial charge in [0.05, 0.1) is 24.7 Å². The molecular formula is C29H27BrN2O6. The summed E-state index contributed by atoms with van der Waals surface area (Å²) in [6, 6.07) is 19.4. The number of amides is 4. The molecule has 9 heteroatoms. The molecule has 0 saturated carbocycles. The summed E-state index contributed by atoms with van der Waals surface area (Å²) in [6.07, 6.45) is 2.29. The molecule has 0 aliphatic carbocycles. The Balaban J connectivity index is 1.51. The molecule has 0 spiro atoms. The van der Waals surface area contributed by atoms with Gasteiger partial charge in [0, 0.05) is 0 Å². The minimum atomic E-state index is -0.784. The number of methoxy groups -OCH3 is 1. The van der Waals surface area contributed by atoms with Crippen molar-refractivity contribution in [2.24, 2.45) is 0 Å². The maximum absolute atomic E-state index is 13.2. The summed E-state index contributed by atoms with van der Waals surface area (Å²) < 4.78 is 17.6. The largest absolute Gasteiger partial charge is 0.493 e. The van der Waals surface area contributed by atoms with E-state index in [9.17, 15) is 14.4 Å². The summed E-state index contributed by atoms with van der Waals surface area (Å²) in [5.74, 6) is 0.243. The van der Waals surface area contributed by atoms with E-state index in [0.29, 0.717) is 46.1 Å². The number of ether oxygens (including phenoxy) is 3. The second-order valence-corrected chi connectivity index (χ2v) is 9.36. The standard InChI is InChI=1S/C29H27BrN2O6/c1-3-13-37-25-12-10-21(16-26(25)36-2)17-32-28(34)22(27(33)31-29(32)35)14-20-9-11-24(23(30)15-20)38-18-19-7-5-4-6-8-19/h4-12,14-16H,3,13,17-18H2,1-2H3,(H,31,33,35)/b22-14+. The molecule has 1 heterocycles. The summed E-state index contributed by atoms with van der Waals surface area (Å²) in [6.45, 7) is 2.89. The van der Waals surface area contributed by atoms with E-state index in [0.717, 1.165) is 16.9 Å². The molecule has 196 valence electrons. The summed E-state index contributed by atoms with van der Waals surface area (Å²) in [5.41, 5.74) is 2.12. The van der Waals surface area contributed by atoms with Gasteiger partial charge in [0.1, 0.15) is 17.9 Å². The highest BCUT2D eigenvalue weighted by atomic mass is 79.9. The van der Waals surface area contributed by atoms with Crippen LogP contribution in [0.15, 0.2) is 76.8 Å². The molecule has 4 amide bonds. The highest BCUT2D eigenvalue weighted by Gasteiger charge is 2.35. The van der Waals surface area contributed by atoms with E-state index in [-0.39, 0.29) is 12.1 Å². The van der Waals surface area contributed by atoms with Crippen LogP contribution >= 0.6 is 15.9 Å². The third-order valence-corrected chi connectivity index (χ3v) is 6.34. The molecule has 1 aliphatic heterocycles. The van der Waals surface area contributed by atoms with Gasteiger partial charge in [-0.25, -0.2) is 4.79 Å². The monoisotopic (exact) mass is 578 g/mol. The van der Waals surface area contributed by atoms with E-state index in [1.807, 2.05) is 37.3 Å². The van der Waals surface area contributed by atoms with E-state index in [1.165, 1.54) is 13.2 Å². The summed E-state index contributed by atoms with van der Waals surface area (Å²) >= 11 is 3.49. The number of carbonyl (C=O) groups excluding carboxylic acids is 3. The molecule has 1 N–H and O–H groups in total. The van der Waals surface area contributed by atoms with Crippen molar-refractivity contribution < 1.29 is 28.6 Å². The van der Waals surface area contributed by atoms with Gasteiger partial charge in [0.25, 0.3) is 11.8 Å². The van der Waals surface area contributed by atoms with Crippen LogP contribution in [0.2, 0.25) is 0 Å². The van der Waals surface area contributed by atoms with Crippen molar-refractivity contribution in [1.29, 1.82) is 0 Å². The average molecular weight is 579 g/mol. The smallest absolute Gasteiger partial charge is 0.331 e. The Bertz CT molecular complexity index is 1370. The van der Waals surface area contributed by atoms with Gasteiger partial charge >= 0.3 is 6.03 Å². The molecule has 38 heavy (non-hydrogen) atoms. The van der Waals surface area contributed by atoms with Gasteiger partial charge in [-0.05, 0) is 69.4 Å². The Kier molecular flexibility index (Phi) is 8.81. The molecule has 8 nitrogen and oxygen atoms in total. The lowest BCUT2D eigenvalue weighted by Gasteiger charge is -2.26. The lowest BCUT2D eigenvalue weighted by Crippen LogP contribution is -2.53. The van der Waals surface area contributed by atoms with Crippen LogP contribution in [0.5, 0.6) is 17.2 Å². The minimum Gasteiger partial charge on any atom is -0.493 e. The zero-order valence-corrected chi connectivity index (χ0v) is 22.6. The number of hydrogen-bond acceptors (Lipinski definition) is 6. The second-order valence-electron chi connectivity index (χ2n) is 8.51. The molecule has 1 saturated heterocycles. The van der Waals surface area contributed by atoms with Gasteiger partial charge in [-0.2, -0.15) is 0 Å². The van der Waals surface area contributed by atoms with Crippen molar-refractivity contribution in [3.05, 3.63) is 93.5 Å². The Morgan fingerprint density at radius 2 is 1.66 bits per heavy atom. The molecule has 4 rings (SSSR count). The van der Waals surface area contributed by atoms with Gasteiger partial charge in [0.15, 0.2) is 11.5 Å². The van der Waals surface area contributed by atoms with Crippen LogP contribution in [0, 0.1) is 0 Å². The second kappa shape index (κ2) is 12.4. The fourth-order valence-corrected chi connectivity index (χ4v) is 4.30. The first-order chi connectivity index (χ1) is 18.4. The lowest BCUT2D eigenvalue weighted by molar-refractivity contribution is -0.130. The molecular weight excluding hydrogens is 552 g/mol. The number of barbiturate groups is 1. The number of nitrogens with one attached hydrogen (secondary N) is 1. The Morgan fingerprint density at radius 1 is 0.895 bits per heavy atom. The van der Waals surface area contributed by atoms with Gasteiger partial charge in [0.2, 0.25) is 0 Å². The zero-order chi connectivity index (χ0) is 27.1. The first-order valence-electron chi connectivity index (χ1n) is 12.0. The Morgan fingerprint density at radius 3 is 2.37 bits per heavy atom. The molecule has 0 unspecified atom stereocenters. The van der Waals surface area contributed by atoms with Crippen molar-refractivity contribution in [2.75, 3.05) is 13.7 Å². The van der Waals surface area contributed by atoms with Crippen molar-refractivity contribution >= 4 is 39.9 Å². The van der Waals surface area contributed by atoms with Crippen molar-refractivity contribution in [3.63, 3.8) is 0 Å². The Labute approximate surface area is 229 Å². The van der Waals surface area contributed by atoms with Crippen LogP contribution in [-0.2, 0) is 22.7 Å². The van der Waals surface area contributed by atoms with Crippen LogP contribution in [-0.4, -0.2) is 36.5 Å². The van der Waals surface area contributed by atoms with Gasteiger partial charge < -0.3 is 14.2 Å². The third kappa shape index (κ3) is 6.41. The maximum atomic E-state index is 13.2. The van der Waals surface area contributed by atoms with Gasteiger partial charge in [-0.15, -0.1) is 0 Å². The van der Waals surface area contributed by atoms with E-state index in [2.05, 4.69) is 21.2 Å². The summed E-state index contributed by atoms with van der Waals surface area (Å²) in [7, 11) is 1.52. The number of imide groups is 2. The molecule has 0 aromatic heterocycles. The zero-order valence-electron chi connectivity index (χ0n) is 21.0. The van der Waals surface area contributed by atoms with Gasteiger partial charge in [-0.1, -0.05) is 49.4 Å². The fourth-order valence-electron chi connectivity index (χ4n) is 3.79. The van der Waals surface area contributed by atoms with Crippen molar-refractivity contribution in [3.8, 4) is 17.2 Å². The average Bonchev–Trinajstić information content (AvgIpc) is 2.92. The first-order valence-corrected chi connectivity index (χ1v) is 12.8. The molecule has 1 fully saturated rings. The topological polar surface area (TPSA) is 94.2 Å². The van der Waals surface area contributed by atoms with E-state index >= 15 is 0 Å². The molecule has 0 bridgehead atoms. The fraction of sp³-hybridized carbons (Fsp3) is 0.207. The number of hydrogen-bond donors (Lipinski definition) is 1. The summed E-state index contributed by atoms with van der Waals surface area (Å²) in [5, 5.41) is 2.25. The van der Waals surface area contributed by atoms with Crippen LogP contribution < -0.4 is 19.5 Å². The predicted octanol–water partition coefficient (Wildman–Crippen LogP) is 5.49. The van der Waals surface area contributed by atoms with E-state index in [1.54, 1.807) is 36.4 Å². The van der Waals surface area contributed by atoms with Crippen LogP contribution in [0.25, 0.3) is 6.08 Å².